The lowest BCUT2D eigenvalue weighted by Gasteiger charge is -2.27. The summed E-state index contributed by atoms with van der Waals surface area (Å²) in [6.07, 6.45) is 3.37. The first-order valence-electron chi connectivity index (χ1n) is 7.15. The molecule has 0 radical (unpaired) electrons. The van der Waals surface area contributed by atoms with Crippen LogP contribution in [0.5, 0.6) is 0 Å². The number of rotatable bonds is 4. The molecular formula is C15H23NO3S. The average molecular weight is 297 g/mol. The van der Waals surface area contributed by atoms with E-state index in [0.717, 1.165) is 36.8 Å². The highest BCUT2D eigenvalue weighted by molar-refractivity contribution is 7.89. The van der Waals surface area contributed by atoms with E-state index in [9.17, 15) is 13.5 Å². The molecule has 1 aromatic carbocycles. The van der Waals surface area contributed by atoms with Crippen molar-refractivity contribution in [3.8, 4) is 0 Å². The van der Waals surface area contributed by atoms with Gasteiger partial charge in [-0.25, -0.2) is 13.1 Å². The van der Waals surface area contributed by atoms with Gasteiger partial charge in [0.05, 0.1) is 11.0 Å². The molecular weight excluding hydrogens is 274 g/mol. The van der Waals surface area contributed by atoms with Gasteiger partial charge in [-0.1, -0.05) is 25.0 Å². The van der Waals surface area contributed by atoms with Gasteiger partial charge in [0, 0.05) is 6.54 Å². The van der Waals surface area contributed by atoms with Gasteiger partial charge in [0.15, 0.2) is 0 Å². The molecule has 20 heavy (non-hydrogen) atoms. The van der Waals surface area contributed by atoms with Crippen molar-refractivity contribution >= 4 is 10.0 Å². The maximum Gasteiger partial charge on any atom is 0.240 e. The van der Waals surface area contributed by atoms with Gasteiger partial charge in [-0.2, -0.15) is 0 Å². The molecule has 5 heteroatoms. The van der Waals surface area contributed by atoms with Crippen molar-refractivity contribution in [2.45, 2.75) is 50.5 Å². The predicted molar refractivity (Wildman–Crippen MR) is 79.1 cm³/mol. The molecule has 112 valence electrons. The standard InChI is InChI=1S/C15H23NO3S/c1-11-7-8-12(2)15(9-11)20(18,19)16-10-13-5-3-4-6-14(13)17/h7-9,13-14,16-17H,3-6,10H2,1-2H3. The first kappa shape index (κ1) is 15.5. The second-order valence-electron chi connectivity index (χ2n) is 5.73. The second kappa shape index (κ2) is 6.24. The molecule has 0 bridgehead atoms. The molecule has 0 heterocycles. The highest BCUT2D eigenvalue weighted by atomic mass is 32.2. The first-order valence-corrected chi connectivity index (χ1v) is 8.63. The van der Waals surface area contributed by atoms with Crippen molar-refractivity contribution in [1.82, 2.24) is 4.72 Å². The molecule has 2 unspecified atom stereocenters. The lowest BCUT2D eigenvalue weighted by Crippen LogP contribution is -2.36. The molecule has 0 aliphatic heterocycles. The third-order valence-electron chi connectivity index (χ3n) is 4.04. The summed E-state index contributed by atoms with van der Waals surface area (Å²) in [5.74, 6) is 0.0311. The van der Waals surface area contributed by atoms with Crippen LogP contribution in [0.2, 0.25) is 0 Å². The maximum absolute atomic E-state index is 12.4. The van der Waals surface area contributed by atoms with Crippen molar-refractivity contribution in [3.05, 3.63) is 29.3 Å². The van der Waals surface area contributed by atoms with Gasteiger partial charge in [-0.05, 0) is 49.8 Å². The third-order valence-corrected chi connectivity index (χ3v) is 5.60. The van der Waals surface area contributed by atoms with Crippen LogP contribution in [0.25, 0.3) is 0 Å². The Kier molecular flexibility index (Phi) is 4.83. The highest BCUT2D eigenvalue weighted by Crippen LogP contribution is 2.24. The number of aryl methyl sites for hydroxylation is 2. The van der Waals surface area contributed by atoms with Crippen molar-refractivity contribution < 1.29 is 13.5 Å². The molecule has 0 spiro atoms. The van der Waals surface area contributed by atoms with Gasteiger partial charge in [-0.3, -0.25) is 0 Å². The van der Waals surface area contributed by atoms with Crippen LogP contribution >= 0.6 is 0 Å². The quantitative estimate of drug-likeness (QED) is 0.894. The Morgan fingerprint density at radius 3 is 2.65 bits per heavy atom. The predicted octanol–water partition coefficient (Wildman–Crippen LogP) is 2.13. The van der Waals surface area contributed by atoms with Crippen LogP contribution in [0.3, 0.4) is 0 Å². The van der Waals surface area contributed by atoms with Crippen LogP contribution in [0.15, 0.2) is 23.1 Å². The Morgan fingerprint density at radius 1 is 1.25 bits per heavy atom. The van der Waals surface area contributed by atoms with Crippen molar-refractivity contribution in [2.24, 2.45) is 5.92 Å². The van der Waals surface area contributed by atoms with Crippen LogP contribution in [-0.4, -0.2) is 26.2 Å². The van der Waals surface area contributed by atoms with Crippen LogP contribution in [0.4, 0.5) is 0 Å². The molecule has 1 aliphatic carbocycles. The first-order chi connectivity index (χ1) is 9.40. The van der Waals surface area contributed by atoms with E-state index in [1.807, 2.05) is 19.1 Å². The average Bonchev–Trinajstić information content (AvgIpc) is 2.40. The zero-order valence-electron chi connectivity index (χ0n) is 12.1. The largest absolute Gasteiger partial charge is 0.393 e. The molecule has 1 fully saturated rings. The lowest BCUT2D eigenvalue weighted by atomic mass is 9.87. The second-order valence-corrected chi connectivity index (χ2v) is 7.47. The van der Waals surface area contributed by atoms with Crippen molar-refractivity contribution in [3.63, 3.8) is 0 Å². The summed E-state index contributed by atoms with van der Waals surface area (Å²) in [6.45, 7) is 3.99. The molecule has 0 aromatic heterocycles. The van der Waals surface area contributed by atoms with Gasteiger partial charge in [0.1, 0.15) is 0 Å². The fourth-order valence-corrected chi connectivity index (χ4v) is 4.14. The van der Waals surface area contributed by atoms with E-state index in [-0.39, 0.29) is 12.0 Å². The van der Waals surface area contributed by atoms with E-state index in [0.29, 0.717) is 11.4 Å². The topological polar surface area (TPSA) is 66.4 Å². The molecule has 2 atom stereocenters. The zero-order chi connectivity index (χ0) is 14.8. The van der Waals surface area contributed by atoms with E-state index in [1.165, 1.54) is 0 Å². The summed E-state index contributed by atoms with van der Waals surface area (Å²) in [7, 11) is -3.50. The summed E-state index contributed by atoms with van der Waals surface area (Å²) >= 11 is 0. The number of nitrogens with one attached hydrogen (secondary N) is 1. The van der Waals surface area contributed by atoms with E-state index in [4.69, 9.17) is 0 Å². The Morgan fingerprint density at radius 2 is 1.95 bits per heavy atom. The van der Waals surface area contributed by atoms with Crippen molar-refractivity contribution in [2.75, 3.05) is 6.54 Å². The minimum absolute atomic E-state index is 0.0311. The number of aliphatic hydroxyl groups is 1. The molecule has 1 saturated carbocycles. The highest BCUT2D eigenvalue weighted by Gasteiger charge is 2.25. The molecule has 0 amide bonds. The molecule has 4 nitrogen and oxygen atoms in total. The smallest absolute Gasteiger partial charge is 0.240 e. The normalized spacial score (nSPS) is 23.8. The number of sulfonamides is 1. The van der Waals surface area contributed by atoms with Crippen LogP contribution in [-0.2, 0) is 10.0 Å². The fraction of sp³-hybridized carbons (Fsp3) is 0.600. The van der Waals surface area contributed by atoms with E-state index in [1.54, 1.807) is 13.0 Å². The number of hydrogen-bond donors (Lipinski definition) is 2. The number of aliphatic hydroxyl groups excluding tert-OH is 1. The summed E-state index contributed by atoms with van der Waals surface area (Å²) < 4.78 is 27.4. The van der Waals surface area contributed by atoms with Gasteiger partial charge in [0.2, 0.25) is 10.0 Å². The molecule has 2 rings (SSSR count). The third kappa shape index (κ3) is 3.59. The summed E-state index contributed by atoms with van der Waals surface area (Å²) in [5, 5.41) is 9.90. The van der Waals surface area contributed by atoms with E-state index >= 15 is 0 Å². The monoisotopic (exact) mass is 297 g/mol. The molecule has 0 saturated heterocycles. The molecule has 2 N–H and O–H groups in total. The Labute approximate surface area is 121 Å². The minimum Gasteiger partial charge on any atom is -0.393 e. The van der Waals surface area contributed by atoms with Crippen molar-refractivity contribution in [1.29, 1.82) is 0 Å². The molecule has 1 aromatic rings. The number of hydrogen-bond acceptors (Lipinski definition) is 3. The Hall–Kier alpha value is -0.910. The minimum atomic E-state index is -3.50. The van der Waals surface area contributed by atoms with Crippen LogP contribution in [0.1, 0.15) is 36.8 Å². The van der Waals surface area contributed by atoms with Gasteiger partial charge < -0.3 is 5.11 Å². The van der Waals surface area contributed by atoms with Gasteiger partial charge in [0.25, 0.3) is 0 Å². The lowest BCUT2D eigenvalue weighted by molar-refractivity contribution is 0.0724. The summed E-state index contributed by atoms with van der Waals surface area (Å²) in [5.41, 5.74) is 1.67. The molecule has 1 aliphatic rings. The van der Waals surface area contributed by atoms with Crippen LogP contribution < -0.4 is 4.72 Å². The Bertz CT molecular complexity index is 568. The SMILES string of the molecule is Cc1ccc(C)c(S(=O)(=O)NCC2CCCCC2O)c1. The van der Waals surface area contributed by atoms with Gasteiger partial charge in [-0.15, -0.1) is 0 Å². The summed E-state index contributed by atoms with van der Waals surface area (Å²) in [6, 6.07) is 5.41. The maximum atomic E-state index is 12.4. The van der Waals surface area contributed by atoms with Crippen LogP contribution in [0, 0.1) is 19.8 Å². The van der Waals surface area contributed by atoms with E-state index < -0.39 is 10.0 Å². The Balaban J connectivity index is 2.09. The fourth-order valence-electron chi connectivity index (χ4n) is 2.72. The summed E-state index contributed by atoms with van der Waals surface area (Å²) in [4.78, 5) is 0.336. The zero-order valence-corrected chi connectivity index (χ0v) is 12.9. The van der Waals surface area contributed by atoms with E-state index in [2.05, 4.69) is 4.72 Å². The number of benzene rings is 1. The van der Waals surface area contributed by atoms with Gasteiger partial charge >= 0.3 is 0 Å².